The highest BCUT2D eigenvalue weighted by atomic mass is 16.5. The highest BCUT2D eigenvalue weighted by Crippen LogP contribution is 2.17. The molecule has 1 heterocycles. The van der Waals surface area contributed by atoms with E-state index in [1.165, 1.54) is 12.0 Å². The lowest BCUT2D eigenvalue weighted by Crippen LogP contribution is -2.47. The third-order valence-corrected chi connectivity index (χ3v) is 4.28. The van der Waals surface area contributed by atoms with E-state index in [0.717, 1.165) is 32.2 Å². The average molecular weight is 304 g/mol. The van der Waals surface area contributed by atoms with E-state index in [9.17, 15) is 4.79 Å². The van der Waals surface area contributed by atoms with Crippen LogP contribution in [0.3, 0.4) is 0 Å². The Morgan fingerprint density at radius 2 is 2.05 bits per heavy atom. The van der Waals surface area contributed by atoms with Crippen molar-refractivity contribution >= 4 is 5.91 Å². The second kappa shape index (κ2) is 9.59. The van der Waals surface area contributed by atoms with Crippen molar-refractivity contribution in [3.8, 4) is 0 Å². The van der Waals surface area contributed by atoms with E-state index in [1.807, 2.05) is 23.1 Å². The van der Waals surface area contributed by atoms with Crippen LogP contribution in [0, 0.1) is 0 Å². The molecule has 1 saturated heterocycles. The monoisotopic (exact) mass is 304 g/mol. The number of piperidine rings is 1. The van der Waals surface area contributed by atoms with Gasteiger partial charge in [-0.3, -0.25) is 4.79 Å². The van der Waals surface area contributed by atoms with Crippen LogP contribution in [0.15, 0.2) is 30.3 Å². The molecule has 1 aliphatic heterocycles. The van der Waals surface area contributed by atoms with Crippen molar-refractivity contribution < 1.29 is 9.53 Å². The summed E-state index contributed by atoms with van der Waals surface area (Å²) < 4.78 is 5.63. The molecule has 4 nitrogen and oxygen atoms in total. The van der Waals surface area contributed by atoms with Crippen LogP contribution in [0.5, 0.6) is 0 Å². The van der Waals surface area contributed by atoms with Gasteiger partial charge in [-0.25, -0.2) is 0 Å². The molecule has 1 aromatic carbocycles. The summed E-state index contributed by atoms with van der Waals surface area (Å²) in [5.41, 5.74) is 7.05. The van der Waals surface area contributed by atoms with E-state index < -0.39 is 0 Å². The van der Waals surface area contributed by atoms with Gasteiger partial charge in [-0.1, -0.05) is 30.3 Å². The van der Waals surface area contributed by atoms with Crippen molar-refractivity contribution in [2.24, 2.45) is 5.73 Å². The highest BCUT2D eigenvalue weighted by molar-refractivity contribution is 5.76. The third kappa shape index (κ3) is 5.43. The number of carbonyl (C=O) groups is 1. The molecule has 0 aliphatic carbocycles. The summed E-state index contributed by atoms with van der Waals surface area (Å²) in [6, 6.07) is 10.6. The van der Waals surface area contributed by atoms with Crippen LogP contribution in [0.4, 0.5) is 0 Å². The van der Waals surface area contributed by atoms with Crippen LogP contribution in [0.1, 0.15) is 37.7 Å². The summed E-state index contributed by atoms with van der Waals surface area (Å²) in [5, 5.41) is 0. The normalized spacial score (nSPS) is 18.4. The van der Waals surface area contributed by atoms with Gasteiger partial charge < -0.3 is 15.4 Å². The van der Waals surface area contributed by atoms with E-state index in [4.69, 9.17) is 10.5 Å². The second-order valence-corrected chi connectivity index (χ2v) is 5.92. The number of carbonyl (C=O) groups excluding carboxylic acids is 1. The molecule has 1 fully saturated rings. The van der Waals surface area contributed by atoms with E-state index >= 15 is 0 Å². The fourth-order valence-corrected chi connectivity index (χ4v) is 2.98. The lowest BCUT2D eigenvalue weighted by atomic mass is 10.0. The first-order valence-electron chi connectivity index (χ1n) is 8.42. The molecule has 2 N–H and O–H groups in total. The quantitative estimate of drug-likeness (QED) is 0.750. The van der Waals surface area contributed by atoms with Gasteiger partial charge >= 0.3 is 0 Å². The van der Waals surface area contributed by atoms with Gasteiger partial charge in [0.2, 0.25) is 5.91 Å². The Hall–Kier alpha value is -1.39. The Bertz CT molecular complexity index is 436. The molecule has 0 aromatic heterocycles. The molecule has 1 atom stereocenters. The maximum atomic E-state index is 12.2. The van der Waals surface area contributed by atoms with Gasteiger partial charge in [0.25, 0.3) is 0 Å². The number of nitrogens with zero attached hydrogens (tertiary/aromatic N) is 1. The first kappa shape index (κ1) is 17.0. The van der Waals surface area contributed by atoms with E-state index in [1.54, 1.807) is 0 Å². The number of hydrogen-bond donors (Lipinski definition) is 1. The van der Waals surface area contributed by atoms with Crippen LogP contribution in [-0.4, -0.2) is 43.2 Å². The topological polar surface area (TPSA) is 55.6 Å². The average Bonchev–Trinajstić information content (AvgIpc) is 2.58. The van der Waals surface area contributed by atoms with Crippen LogP contribution < -0.4 is 5.73 Å². The fourth-order valence-electron chi connectivity index (χ4n) is 2.98. The van der Waals surface area contributed by atoms with Crippen molar-refractivity contribution in [2.75, 3.05) is 26.3 Å². The molecule has 1 amide bonds. The molecule has 0 spiro atoms. The highest BCUT2D eigenvalue weighted by Gasteiger charge is 2.24. The number of amides is 1. The molecule has 0 radical (unpaired) electrons. The molecule has 2 rings (SSSR count). The molecule has 1 aromatic rings. The Morgan fingerprint density at radius 3 is 2.82 bits per heavy atom. The minimum Gasteiger partial charge on any atom is -0.381 e. The van der Waals surface area contributed by atoms with Crippen molar-refractivity contribution in [1.29, 1.82) is 0 Å². The maximum absolute atomic E-state index is 12.2. The minimum atomic E-state index is 0.238. The predicted molar refractivity (Wildman–Crippen MR) is 88.6 cm³/mol. The van der Waals surface area contributed by atoms with E-state index in [0.29, 0.717) is 26.2 Å². The summed E-state index contributed by atoms with van der Waals surface area (Å²) in [4.78, 5) is 14.2. The zero-order valence-electron chi connectivity index (χ0n) is 13.4. The van der Waals surface area contributed by atoms with Crippen LogP contribution in [0.25, 0.3) is 0 Å². The van der Waals surface area contributed by atoms with E-state index in [2.05, 4.69) is 12.1 Å². The van der Waals surface area contributed by atoms with Gasteiger partial charge in [0.05, 0.1) is 6.61 Å². The molecule has 22 heavy (non-hydrogen) atoms. The summed E-state index contributed by atoms with van der Waals surface area (Å²) in [7, 11) is 0. The number of hydrogen-bond acceptors (Lipinski definition) is 3. The standard InChI is InChI=1S/C18H28N2O2/c19-15-17-9-4-5-12-20(17)18(21)10-6-13-22-14-11-16-7-2-1-3-8-16/h1-3,7-8,17H,4-6,9-15,19H2. The van der Waals surface area contributed by atoms with Gasteiger partial charge in [-0.15, -0.1) is 0 Å². The zero-order chi connectivity index (χ0) is 15.6. The third-order valence-electron chi connectivity index (χ3n) is 4.28. The van der Waals surface area contributed by atoms with Gasteiger partial charge in [0, 0.05) is 32.2 Å². The molecule has 0 saturated carbocycles. The predicted octanol–water partition coefficient (Wildman–Crippen LogP) is 2.37. The number of ether oxygens (including phenoxy) is 1. The Labute approximate surface area is 133 Å². The number of nitrogens with two attached hydrogens (primary N) is 1. The number of benzene rings is 1. The second-order valence-electron chi connectivity index (χ2n) is 5.92. The van der Waals surface area contributed by atoms with Crippen molar-refractivity contribution in [3.63, 3.8) is 0 Å². The number of rotatable bonds is 8. The Morgan fingerprint density at radius 1 is 1.23 bits per heavy atom. The lowest BCUT2D eigenvalue weighted by molar-refractivity contribution is -0.135. The number of likely N-dealkylation sites (tertiary alicyclic amines) is 1. The van der Waals surface area contributed by atoms with Crippen molar-refractivity contribution in [3.05, 3.63) is 35.9 Å². The fraction of sp³-hybridized carbons (Fsp3) is 0.611. The van der Waals surface area contributed by atoms with Crippen LogP contribution in [0.2, 0.25) is 0 Å². The van der Waals surface area contributed by atoms with Gasteiger partial charge in [0.1, 0.15) is 0 Å². The molecule has 0 bridgehead atoms. The SMILES string of the molecule is NCC1CCCCN1C(=O)CCCOCCc1ccccc1. The molecular weight excluding hydrogens is 276 g/mol. The Balaban J connectivity index is 1.57. The summed E-state index contributed by atoms with van der Waals surface area (Å²) in [6.45, 7) is 2.82. The summed E-state index contributed by atoms with van der Waals surface area (Å²) in [6.07, 6.45) is 5.64. The first-order chi connectivity index (χ1) is 10.8. The van der Waals surface area contributed by atoms with Crippen molar-refractivity contribution in [2.45, 2.75) is 44.6 Å². The molecular formula is C18H28N2O2. The smallest absolute Gasteiger partial charge is 0.222 e. The van der Waals surface area contributed by atoms with Crippen molar-refractivity contribution in [1.82, 2.24) is 4.90 Å². The summed E-state index contributed by atoms with van der Waals surface area (Å²) >= 11 is 0. The largest absolute Gasteiger partial charge is 0.381 e. The maximum Gasteiger partial charge on any atom is 0.222 e. The minimum absolute atomic E-state index is 0.238. The molecule has 4 heteroatoms. The molecule has 122 valence electrons. The lowest BCUT2D eigenvalue weighted by Gasteiger charge is -2.35. The van der Waals surface area contributed by atoms with Gasteiger partial charge in [-0.2, -0.15) is 0 Å². The molecule has 1 unspecified atom stereocenters. The van der Waals surface area contributed by atoms with Gasteiger partial charge in [-0.05, 0) is 37.7 Å². The Kier molecular flexibility index (Phi) is 7.40. The first-order valence-corrected chi connectivity index (χ1v) is 8.42. The molecule has 1 aliphatic rings. The zero-order valence-corrected chi connectivity index (χ0v) is 13.4. The van der Waals surface area contributed by atoms with E-state index in [-0.39, 0.29) is 11.9 Å². The van der Waals surface area contributed by atoms with Gasteiger partial charge in [0.15, 0.2) is 0 Å². The van der Waals surface area contributed by atoms with Crippen LogP contribution in [-0.2, 0) is 16.0 Å². The van der Waals surface area contributed by atoms with Crippen LogP contribution >= 0.6 is 0 Å². The summed E-state index contributed by atoms with van der Waals surface area (Å²) in [5.74, 6) is 0.238.